The van der Waals surface area contributed by atoms with Crippen molar-refractivity contribution in [2.75, 3.05) is 26.3 Å². The average molecular weight is 228 g/mol. The Morgan fingerprint density at radius 1 is 1.31 bits per heavy atom. The number of hydrogen-bond acceptors (Lipinski definition) is 3. The van der Waals surface area contributed by atoms with Crippen molar-refractivity contribution in [3.05, 3.63) is 0 Å². The number of amides is 1. The van der Waals surface area contributed by atoms with E-state index in [1.54, 1.807) is 0 Å². The standard InChI is InChI=1S/C12H24N2O2/c13-7-2-1-4-12(15)14-8-3-9-16-10-11-5-6-11/h11H,1-10,13H2,(H,14,15). The van der Waals surface area contributed by atoms with Crippen LogP contribution in [0.1, 0.15) is 38.5 Å². The van der Waals surface area contributed by atoms with E-state index in [4.69, 9.17) is 10.5 Å². The molecule has 1 amide bonds. The third-order valence-electron chi connectivity index (χ3n) is 2.70. The molecule has 0 aromatic rings. The van der Waals surface area contributed by atoms with Crippen LogP contribution in [0.2, 0.25) is 0 Å². The zero-order valence-corrected chi connectivity index (χ0v) is 10.0. The van der Waals surface area contributed by atoms with E-state index in [0.717, 1.165) is 44.9 Å². The Bertz CT molecular complexity index is 193. The molecular formula is C12H24N2O2. The Balaban J connectivity index is 1.76. The van der Waals surface area contributed by atoms with Gasteiger partial charge in [0.25, 0.3) is 0 Å². The molecule has 94 valence electrons. The predicted octanol–water partition coefficient (Wildman–Crippen LogP) is 1.05. The van der Waals surface area contributed by atoms with Gasteiger partial charge in [0, 0.05) is 26.2 Å². The highest BCUT2D eigenvalue weighted by Crippen LogP contribution is 2.28. The van der Waals surface area contributed by atoms with Gasteiger partial charge in [0.15, 0.2) is 0 Å². The molecule has 0 spiro atoms. The highest BCUT2D eigenvalue weighted by molar-refractivity contribution is 5.75. The van der Waals surface area contributed by atoms with Crippen LogP contribution in [0.3, 0.4) is 0 Å². The van der Waals surface area contributed by atoms with Crippen molar-refractivity contribution in [2.45, 2.75) is 38.5 Å². The maximum absolute atomic E-state index is 11.3. The van der Waals surface area contributed by atoms with Gasteiger partial charge in [-0.2, -0.15) is 0 Å². The molecule has 0 heterocycles. The summed E-state index contributed by atoms with van der Waals surface area (Å²) >= 11 is 0. The fourth-order valence-corrected chi connectivity index (χ4v) is 1.45. The smallest absolute Gasteiger partial charge is 0.219 e. The van der Waals surface area contributed by atoms with Crippen LogP contribution in [0.25, 0.3) is 0 Å². The van der Waals surface area contributed by atoms with E-state index < -0.39 is 0 Å². The monoisotopic (exact) mass is 228 g/mol. The van der Waals surface area contributed by atoms with Crippen LogP contribution < -0.4 is 11.1 Å². The molecule has 1 rings (SSSR count). The van der Waals surface area contributed by atoms with Crippen molar-refractivity contribution in [3.63, 3.8) is 0 Å². The van der Waals surface area contributed by atoms with Crippen LogP contribution in [-0.2, 0) is 9.53 Å². The number of nitrogens with two attached hydrogens (primary N) is 1. The van der Waals surface area contributed by atoms with Crippen molar-refractivity contribution < 1.29 is 9.53 Å². The van der Waals surface area contributed by atoms with Crippen molar-refractivity contribution in [2.24, 2.45) is 11.7 Å². The predicted molar refractivity (Wildman–Crippen MR) is 64.1 cm³/mol. The van der Waals surface area contributed by atoms with Crippen LogP contribution in [0.15, 0.2) is 0 Å². The van der Waals surface area contributed by atoms with E-state index in [2.05, 4.69) is 5.32 Å². The van der Waals surface area contributed by atoms with Gasteiger partial charge in [0.1, 0.15) is 0 Å². The molecule has 1 fully saturated rings. The summed E-state index contributed by atoms with van der Waals surface area (Å²) in [6, 6.07) is 0. The van der Waals surface area contributed by atoms with Gasteiger partial charge in [-0.3, -0.25) is 4.79 Å². The lowest BCUT2D eigenvalue weighted by Gasteiger charge is -2.05. The number of nitrogens with one attached hydrogen (secondary N) is 1. The molecule has 1 aliphatic carbocycles. The van der Waals surface area contributed by atoms with E-state index >= 15 is 0 Å². The maximum Gasteiger partial charge on any atom is 0.219 e. The van der Waals surface area contributed by atoms with Crippen molar-refractivity contribution in [3.8, 4) is 0 Å². The average Bonchev–Trinajstić information content (AvgIpc) is 3.07. The maximum atomic E-state index is 11.3. The van der Waals surface area contributed by atoms with Crippen LogP contribution in [0, 0.1) is 5.92 Å². The zero-order valence-electron chi connectivity index (χ0n) is 10.0. The third kappa shape index (κ3) is 7.65. The van der Waals surface area contributed by atoms with E-state index in [0.29, 0.717) is 13.0 Å². The number of carbonyl (C=O) groups excluding carboxylic acids is 1. The SMILES string of the molecule is NCCCCC(=O)NCCCOCC1CC1. The van der Waals surface area contributed by atoms with E-state index in [-0.39, 0.29) is 5.91 Å². The van der Waals surface area contributed by atoms with Gasteiger partial charge in [0.2, 0.25) is 5.91 Å². The summed E-state index contributed by atoms with van der Waals surface area (Å²) < 4.78 is 5.47. The van der Waals surface area contributed by atoms with Crippen LogP contribution in [0.4, 0.5) is 0 Å². The number of ether oxygens (including phenoxy) is 1. The molecule has 4 heteroatoms. The summed E-state index contributed by atoms with van der Waals surface area (Å²) in [6.07, 6.45) is 5.99. The van der Waals surface area contributed by atoms with Gasteiger partial charge in [-0.25, -0.2) is 0 Å². The first kappa shape index (κ1) is 13.5. The molecule has 16 heavy (non-hydrogen) atoms. The van der Waals surface area contributed by atoms with Crippen molar-refractivity contribution in [1.82, 2.24) is 5.32 Å². The lowest BCUT2D eigenvalue weighted by atomic mass is 10.2. The van der Waals surface area contributed by atoms with Crippen LogP contribution in [0.5, 0.6) is 0 Å². The second kappa shape index (κ2) is 8.53. The molecule has 0 unspecified atom stereocenters. The van der Waals surface area contributed by atoms with Gasteiger partial charge in [-0.05, 0) is 44.6 Å². The molecule has 0 aliphatic heterocycles. The normalized spacial score (nSPS) is 15.1. The molecule has 0 aromatic carbocycles. The number of carbonyl (C=O) groups is 1. The minimum absolute atomic E-state index is 0.135. The molecule has 0 aromatic heterocycles. The van der Waals surface area contributed by atoms with Gasteiger partial charge >= 0.3 is 0 Å². The quantitative estimate of drug-likeness (QED) is 0.549. The molecule has 0 atom stereocenters. The molecular weight excluding hydrogens is 204 g/mol. The highest BCUT2D eigenvalue weighted by Gasteiger charge is 2.20. The first-order valence-electron chi connectivity index (χ1n) is 6.37. The Morgan fingerprint density at radius 3 is 2.81 bits per heavy atom. The van der Waals surface area contributed by atoms with E-state index in [1.807, 2.05) is 0 Å². The second-order valence-electron chi connectivity index (χ2n) is 4.47. The third-order valence-corrected chi connectivity index (χ3v) is 2.70. The van der Waals surface area contributed by atoms with Crippen molar-refractivity contribution >= 4 is 5.91 Å². The highest BCUT2D eigenvalue weighted by atomic mass is 16.5. The van der Waals surface area contributed by atoms with Gasteiger partial charge in [0.05, 0.1) is 0 Å². The Kier molecular flexibility index (Phi) is 7.17. The summed E-state index contributed by atoms with van der Waals surface area (Å²) in [5, 5.41) is 2.89. The largest absolute Gasteiger partial charge is 0.381 e. The Morgan fingerprint density at radius 2 is 2.12 bits per heavy atom. The van der Waals surface area contributed by atoms with Crippen molar-refractivity contribution in [1.29, 1.82) is 0 Å². The summed E-state index contributed by atoms with van der Waals surface area (Å²) in [4.78, 5) is 11.3. The lowest BCUT2D eigenvalue weighted by molar-refractivity contribution is -0.121. The molecule has 1 aliphatic rings. The molecule has 1 saturated carbocycles. The summed E-state index contributed by atoms with van der Waals surface area (Å²) in [7, 11) is 0. The first-order chi connectivity index (χ1) is 7.83. The summed E-state index contributed by atoms with van der Waals surface area (Å²) in [6.45, 7) is 3.07. The van der Waals surface area contributed by atoms with E-state index in [9.17, 15) is 4.79 Å². The number of rotatable bonds is 10. The minimum Gasteiger partial charge on any atom is -0.381 e. The van der Waals surface area contributed by atoms with Crippen LogP contribution in [-0.4, -0.2) is 32.2 Å². The molecule has 0 radical (unpaired) electrons. The minimum atomic E-state index is 0.135. The lowest BCUT2D eigenvalue weighted by Crippen LogP contribution is -2.25. The fraction of sp³-hybridized carbons (Fsp3) is 0.917. The molecule has 0 saturated heterocycles. The van der Waals surface area contributed by atoms with Gasteiger partial charge in [-0.1, -0.05) is 0 Å². The first-order valence-corrected chi connectivity index (χ1v) is 6.37. The summed E-state index contributed by atoms with van der Waals surface area (Å²) in [5.41, 5.74) is 5.35. The van der Waals surface area contributed by atoms with Gasteiger partial charge < -0.3 is 15.8 Å². The number of hydrogen-bond donors (Lipinski definition) is 2. The zero-order chi connectivity index (χ0) is 11.6. The Hall–Kier alpha value is -0.610. The molecule has 0 bridgehead atoms. The second-order valence-corrected chi connectivity index (χ2v) is 4.47. The van der Waals surface area contributed by atoms with Crippen LogP contribution >= 0.6 is 0 Å². The topological polar surface area (TPSA) is 64.4 Å². The number of unbranched alkanes of at least 4 members (excludes halogenated alkanes) is 1. The molecule has 3 N–H and O–H groups in total. The van der Waals surface area contributed by atoms with E-state index in [1.165, 1.54) is 12.8 Å². The fourth-order valence-electron chi connectivity index (χ4n) is 1.45. The van der Waals surface area contributed by atoms with Gasteiger partial charge in [-0.15, -0.1) is 0 Å². The molecule has 4 nitrogen and oxygen atoms in total. The Labute approximate surface area is 97.9 Å². The summed E-state index contributed by atoms with van der Waals surface area (Å²) in [5.74, 6) is 0.960.